The van der Waals surface area contributed by atoms with Gasteiger partial charge in [0.05, 0.1) is 4.92 Å². The van der Waals surface area contributed by atoms with Crippen molar-refractivity contribution in [2.24, 2.45) is 0 Å². The monoisotopic (exact) mass is 266 g/mol. The summed E-state index contributed by atoms with van der Waals surface area (Å²) in [7, 11) is 0. The van der Waals surface area contributed by atoms with Gasteiger partial charge in [-0.25, -0.2) is 0 Å². The predicted molar refractivity (Wildman–Crippen MR) is 67.1 cm³/mol. The molecule has 19 heavy (non-hydrogen) atoms. The number of rotatable bonds is 4. The summed E-state index contributed by atoms with van der Waals surface area (Å²) in [6.45, 7) is 4.40. The van der Waals surface area contributed by atoms with Crippen LogP contribution in [-0.2, 0) is 4.79 Å². The largest absolute Gasteiger partial charge is 0.480 e. The van der Waals surface area contributed by atoms with Gasteiger partial charge < -0.3 is 10.4 Å². The van der Waals surface area contributed by atoms with Crippen molar-refractivity contribution in [2.45, 2.75) is 26.8 Å². The van der Waals surface area contributed by atoms with Crippen LogP contribution < -0.4 is 5.32 Å². The van der Waals surface area contributed by atoms with Gasteiger partial charge in [-0.3, -0.25) is 19.7 Å². The molecule has 0 heterocycles. The first-order valence-corrected chi connectivity index (χ1v) is 5.53. The molecule has 1 atom stereocenters. The van der Waals surface area contributed by atoms with Gasteiger partial charge in [-0.1, -0.05) is 0 Å². The topological polar surface area (TPSA) is 110 Å². The molecule has 0 saturated heterocycles. The Balaban J connectivity index is 3.07. The van der Waals surface area contributed by atoms with Gasteiger partial charge in [-0.05, 0) is 32.9 Å². The lowest BCUT2D eigenvalue weighted by Gasteiger charge is -2.10. The molecule has 1 rings (SSSR count). The number of carboxylic acid groups (broad SMARTS) is 1. The minimum absolute atomic E-state index is 0.0390. The molecule has 0 saturated carbocycles. The van der Waals surface area contributed by atoms with E-state index in [2.05, 4.69) is 5.32 Å². The van der Waals surface area contributed by atoms with Crippen LogP contribution in [0.25, 0.3) is 0 Å². The molecule has 102 valence electrons. The summed E-state index contributed by atoms with van der Waals surface area (Å²) >= 11 is 0. The average molecular weight is 266 g/mol. The normalized spacial score (nSPS) is 11.7. The van der Waals surface area contributed by atoms with Crippen molar-refractivity contribution in [3.05, 3.63) is 38.9 Å². The molecule has 7 heteroatoms. The van der Waals surface area contributed by atoms with Crippen molar-refractivity contribution < 1.29 is 19.6 Å². The minimum atomic E-state index is -1.15. The number of nitrogens with zero attached hydrogens (tertiary/aromatic N) is 1. The van der Waals surface area contributed by atoms with E-state index < -0.39 is 22.8 Å². The zero-order valence-corrected chi connectivity index (χ0v) is 10.8. The molecule has 1 amide bonds. The smallest absolute Gasteiger partial charge is 0.325 e. The van der Waals surface area contributed by atoms with Gasteiger partial charge in [0.1, 0.15) is 6.04 Å². The number of hydrogen-bond acceptors (Lipinski definition) is 4. The van der Waals surface area contributed by atoms with E-state index in [1.54, 1.807) is 0 Å². The number of hydrogen-bond donors (Lipinski definition) is 2. The summed E-state index contributed by atoms with van der Waals surface area (Å²) in [5, 5.41) is 21.8. The number of aliphatic carboxylic acids is 1. The Hall–Kier alpha value is -2.44. The van der Waals surface area contributed by atoms with Crippen LogP contribution >= 0.6 is 0 Å². The lowest BCUT2D eigenvalue weighted by molar-refractivity contribution is -0.386. The van der Waals surface area contributed by atoms with Crippen LogP contribution in [0.15, 0.2) is 12.1 Å². The predicted octanol–water partition coefficient (Wildman–Crippen LogP) is 1.41. The van der Waals surface area contributed by atoms with Crippen LogP contribution in [0, 0.1) is 24.0 Å². The number of nitro groups is 1. The zero-order valence-electron chi connectivity index (χ0n) is 10.8. The number of aryl methyl sites for hydroxylation is 2. The quantitative estimate of drug-likeness (QED) is 0.632. The zero-order chi connectivity index (χ0) is 14.7. The fraction of sp³-hybridized carbons (Fsp3) is 0.333. The van der Waals surface area contributed by atoms with E-state index >= 15 is 0 Å². The maximum atomic E-state index is 11.8. The highest BCUT2D eigenvalue weighted by Gasteiger charge is 2.20. The van der Waals surface area contributed by atoms with Crippen molar-refractivity contribution in [2.75, 3.05) is 0 Å². The summed E-state index contributed by atoms with van der Waals surface area (Å²) in [5.41, 5.74) is 0.882. The summed E-state index contributed by atoms with van der Waals surface area (Å²) in [4.78, 5) is 32.8. The number of nitrogens with one attached hydrogen (secondary N) is 1. The third-order valence-corrected chi connectivity index (χ3v) is 2.65. The van der Waals surface area contributed by atoms with E-state index in [-0.39, 0.29) is 11.3 Å². The Morgan fingerprint density at radius 2 is 1.79 bits per heavy atom. The number of benzene rings is 1. The van der Waals surface area contributed by atoms with Gasteiger partial charge in [0.25, 0.3) is 11.6 Å². The van der Waals surface area contributed by atoms with Gasteiger partial charge in [-0.15, -0.1) is 0 Å². The Kier molecular flexibility index (Phi) is 4.21. The van der Waals surface area contributed by atoms with E-state index in [9.17, 15) is 19.7 Å². The first kappa shape index (κ1) is 14.6. The van der Waals surface area contributed by atoms with E-state index in [0.29, 0.717) is 11.1 Å². The van der Waals surface area contributed by atoms with Crippen LogP contribution in [0.5, 0.6) is 0 Å². The second-order valence-electron chi connectivity index (χ2n) is 4.25. The third-order valence-electron chi connectivity index (χ3n) is 2.65. The molecule has 1 aromatic carbocycles. The SMILES string of the molecule is Cc1cc(C(=O)N[C@@H](C)C(=O)O)cc(C)c1[N+](=O)[O-]. The van der Waals surface area contributed by atoms with Gasteiger partial charge >= 0.3 is 5.97 Å². The summed E-state index contributed by atoms with van der Waals surface area (Å²) in [6, 6.07) is 1.72. The second kappa shape index (κ2) is 5.47. The maximum Gasteiger partial charge on any atom is 0.325 e. The van der Waals surface area contributed by atoms with Gasteiger partial charge in [0.2, 0.25) is 0 Å². The van der Waals surface area contributed by atoms with Crippen molar-refractivity contribution >= 4 is 17.6 Å². The molecular formula is C12H14N2O5. The van der Waals surface area contributed by atoms with Crippen molar-refractivity contribution in [3.63, 3.8) is 0 Å². The number of nitro benzene ring substituents is 1. The highest BCUT2D eigenvalue weighted by Crippen LogP contribution is 2.24. The highest BCUT2D eigenvalue weighted by atomic mass is 16.6. The fourth-order valence-electron chi connectivity index (χ4n) is 1.72. The van der Waals surface area contributed by atoms with Crippen LogP contribution in [-0.4, -0.2) is 27.9 Å². The van der Waals surface area contributed by atoms with Crippen LogP contribution in [0.3, 0.4) is 0 Å². The number of amides is 1. The average Bonchev–Trinajstić information content (AvgIpc) is 2.26. The van der Waals surface area contributed by atoms with Gasteiger partial charge in [-0.2, -0.15) is 0 Å². The van der Waals surface area contributed by atoms with Crippen molar-refractivity contribution in [1.82, 2.24) is 5.32 Å². The molecule has 0 bridgehead atoms. The van der Waals surface area contributed by atoms with Crippen LogP contribution in [0.4, 0.5) is 5.69 Å². The lowest BCUT2D eigenvalue weighted by Crippen LogP contribution is -2.38. The minimum Gasteiger partial charge on any atom is -0.480 e. The molecule has 0 aliphatic carbocycles. The Morgan fingerprint density at radius 1 is 1.32 bits per heavy atom. The van der Waals surface area contributed by atoms with E-state index in [1.165, 1.54) is 32.9 Å². The first-order chi connectivity index (χ1) is 8.73. The number of carbonyl (C=O) groups is 2. The van der Waals surface area contributed by atoms with Crippen LogP contribution in [0.2, 0.25) is 0 Å². The molecule has 0 unspecified atom stereocenters. The molecule has 1 aromatic rings. The maximum absolute atomic E-state index is 11.8. The standard InChI is InChI=1S/C12H14N2O5/c1-6-4-9(5-7(2)10(6)14(18)19)11(15)13-8(3)12(16)17/h4-5,8H,1-3H3,(H,13,15)(H,16,17)/t8-/m0/s1. The molecule has 0 fully saturated rings. The number of carboxylic acids is 1. The van der Waals surface area contributed by atoms with Gasteiger partial charge in [0, 0.05) is 16.7 Å². The highest BCUT2D eigenvalue weighted by molar-refractivity contribution is 5.97. The van der Waals surface area contributed by atoms with E-state index in [4.69, 9.17) is 5.11 Å². The van der Waals surface area contributed by atoms with Crippen molar-refractivity contribution in [1.29, 1.82) is 0 Å². The Bertz CT molecular complexity index is 530. The summed E-state index contributed by atoms with van der Waals surface area (Å²) in [5.74, 6) is -1.72. The summed E-state index contributed by atoms with van der Waals surface area (Å²) < 4.78 is 0. The molecule has 0 radical (unpaired) electrons. The second-order valence-corrected chi connectivity index (χ2v) is 4.25. The van der Waals surface area contributed by atoms with E-state index in [0.717, 1.165) is 0 Å². The molecule has 0 aromatic heterocycles. The fourth-order valence-corrected chi connectivity index (χ4v) is 1.72. The van der Waals surface area contributed by atoms with Crippen LogP contribution in [0.1, 0.15) is 28.4 Å². The first-order valence-electron chi connectivity index (χ1n) is 5.53. The molecule has 0 aliphatic rings. The molecule has 7 nitrogen and oxygen atoms in total. The molecule has 0 aliphatic heterocycles. The molecule has 0 spiro atoms. The Morgan fingerprint density at radius 3 is 2.16 bits per heavy atom. The number of carbonyl (C=O) groups excluding carboxylic acids is 1. The van der Waals surface area contributed by atoms with Gasteiger partial charge in [0.15, 0.2) is 0 Å². The third kappa shape index (κ3) is 3.27. The van der Waals surface area contributed by atoms with Crippen molar-refractivity contribution in [3.8, 4) is 0 Å². The summed E-state index contributed by atoms with van der Waals surface area (Å²) in [6.07, 6.45) is 0. The lowest BCUT2D eigenvalue weighted by atomic mass is 10.0. The Labute approximate surface area is 109 Å². The molecular weight excluding hydrogens is 252 g/mol. The molecule has 2 N–H and O–H groups in total. The van der Waals surface area contributed by atoms with E-state index in [1.807, 2.05) is 0 Å².